The zero-order chi connectivity index (χ0) is 29.0. The summed E-state index contributed by atoms with van der Waals surface area (Å²) in [6, 6.07) is 32.9. The van der Waals surface area contributed by atoms with E-state index in [2.05, 4.69) is 121 Å². The number of hydrogen-bond acceptors (Lipinski definition) is 0. The van der Waals surface area contributed by atoms with Crippen LogP contribution in [-0.4, -0.2) is 6.41 Å². The summed E-state index contributed by atoms with van der Waals surface area (Å²) < 4.78 is 5.24. The van der Waals surface area contributed by atoms with E-state index in [1.807, 2.05) is 6.41 Å². The smallest absolute Gasteiger partial charge is 1.00 e. The second-order valence-electron chi connectivity index (χ2n) is 12.7. The third kappa shape index (κ3) is 6.66. The van der Waals surface area contributed by atoms with Crippen LogP contribution in [0.2, 0.25) is 0 Å². The molecule has 0 amide bonds. The summed E-state index contributed by atoms with van der Waals surface area (Å²) in [6.07, 6.45) is 21.4. The van der Waals surface area contributed by atoms with Crippen molar-refractivity contribution in [2.45, 2.75) is 45.8 Å². The third-order valence-corrected chi connectivity index (χ3v) is 19.1. The normalized spacial score (nSPS) is 18.8. The van der Waals surface area contributed by atoms with Crippen molar-refractivity contribution in [2.75, 3.05) is 0 Å². The SMILES string of the molecule is C1=CCC(c2cccc3c2[CH]([Zr+2]=[C]2CC[C](=[Zr+2][CH]4c5ccccc5-c5cccc(C6=CC=CC6)c54)CC2)c2ccccc2-3)=C1.[Cl-].[Cl-].[Cl-].[Cl-]. The van der Waals surface area contributed by atoms with Gasteiger partial charge < -0.3 is 49.6 Å². The van der Waals surface area contributed by atoms with Crippen LogP contribution in [0.1, 0.15) is 79.2 Å². The molecular weight excluding hydrogens is 829 g/mol. The zero-order valence-electron chi connectivity index (χ0n) is 26.5. The topological polar surface area (TPSA) is 0 Å². The van der Waals surface area contributed by atoms with E-state index in [1.54, 1.807) is 22.3 Å². The van der Waals surface area contributed by atoms with Crippen molar-refractivity contribution >= 4 is 17.6 Å². The molecule has 5 aliphatic carbocycles. The van der Waals surface area contributed by atoms with Gasteiger partial charge in [-0.2, -0.15) is 0 Å². The first-order valence-electron chi connectivity index (χ1n) is 16.2. The average Bonchev–Trinajstić information content (AvgIpc) is 3.90. The molecule has 0 aromatic heterocycles. The Hall–Kier alpha value is -1.49. The van der Waals surface area contributed by atoms with Gasteiger partial charge >= 0.3 is 286 Å². The largest absolute Gasteiger partial charge is 1.00 e. The Bertz CT molecular complexity index is 1890. The molecule has 1 fully saturated rings. The predicted molar refractivity (Wildman–Crippen MR) is 179 cm³/mol. The number of rotatable bonds is 4. The summed E-state index contributed by atoms with van der Waals surface area (Å²) in [5.41, 5.74) is 18.7. The fourth-order valence-electron chi connectivity index (χ4n) is 8.23. The molecule has 0 nitrogen and oxygen atoms in total. The van der Waals surface area contributed by atoms with Gasteiger partial charge in [0, 0.05) is 0 Å². The number of allylic oxidation sites excluding steroid dienone is 8. The molecule has 0 spiro atoms. The maximum absolute atomic E-state index is 2.45. The van der Waals surface area contributed by atoms with Gasteiger partial charge in [0.1, 0.15) is 0 Å². The Morgan fingerprint density at radius 2 is 0.792 bits per heavy atom. The summed E-state index contributed by atoms with van der Waals surface area (Å²) in [7, 11) is 0. The van der Waals surface area contributed by atoms with Crippen molar-refractivity contribution in [1.29, 1.82) is 0 Å². The Labute approximate surface area is 332 Å². The number of benzene rings is 4. The number of fused-ring (bicyclic) bond motifs is 6. The van der Waals surface area contributed by atoms with E-state index in [4.69, 9.17) is 0 Å². The maximum atomic E-state index is 2.45. The minimum Gasteiger partial charge on any atom is -1.00 e. The van der Waals surface area contributed by atoms with Crippen LogP contribution in [0.25, 0.3) is 33.4 Å². The molecule has 0 aliphatic heterocycles. The average molecular weight is 863 g/mol. The van der Waals surface area contributed by atoms with Crippen LogP contribution in [0.15, 0.2) is 121 Å². The first-order chi connectivity index (χ1) is 21.8. The molecule has 0 bridgehead atoms. The third-order valence-electron chi connectivity index (χ3n) is 10.3. The molecule has 2 unspecified atom stereocenters. The van der Waals surface area contributed by atoms with Crippen LogP contribution >= 0.6 is 0 Å². The van der Waals surface area contributed by atoms with Crippen molar-refractivity contribution in [1.82, 2.24) is 0 Å². The van der Waals surface area contributed by atoms with Crippen LogP contribution in [0, 0.1) is 0 Å². The molecule has 4 aromatic carbocycles. The van der Waals surface area contributed by atoms with Crippen molar-refractivity contribution in [3.63, 3.8) is 0 Å². The Kier molecular flexibility index (Phi) is 12.8. The van der Waals surface area contributed by atoms with Gasteiger partial charge in [0.05, 0.1) is 0 Å². The monoisotopic (exact) mass is 858 g/mol. The summed E-state index contributed by atoms with van der Waals surface area (Å²) >= 11 is -1.58. The first kappa shape index (κ1) is 37.8. The molecule has 1 saturated carbocycles. The molecule has 9 rings (SSSR count). The first-order valence-corrected chi connectivity index (χ1v) is 21.5. The van der Waals surface area contributed by atoms with Crippen LogP contribution < -0.4 is 49.6 Å². The standard InChI is InChI=1S/2C18H13.C6H8.4ClH.2Zr/c2*1-2-7-13(6-1)15-10-5-11-17-16-9-4-3-8-14(16)12-18(15)17;1-2-4-6-5-3-1;;;;;;/h2*1-6,8-12H,7H2;1-2,5-6H2;4*1H;;/q;;;;;;;2*+2/p-4. The number of hydrogen-bond donors (Lipinski definition) is 0. The van der Waals surface area contributed by atoms with Crippen LogP contribution in [0.3, 0.4) is 0 Å². The van der Waals surface area contributed by atoms with E-state index in [1.165, 1.54) is 70.2 Å². The van der Waals surface area contributed by atoms with E-state index in [-0.39, 0.29) is 49.6 Å². The molecule has 0 radical (unpaired) electrons. The molecule has 0 heterocycles. The van der Waals surface area contributed by atoms with Gasteiger partial charge in [0.25, 0.3) is 0 Å². The molecule has 48 heavy (non-hydrogen) atoms. The van der Waals surface area contributed by atoms with Crippen LogP contribution in [0.5, 0.6) is 0 Å². The van der Waals surface area contributed by atoms with Gasteiger partial charge in [-0.1, -0.05) is 0 Å². The van der Waals surface area contributed by atoms with Gasteiger partial charge in [0.2, 0.25) is 0 Å². The fraction of sp³-hybridized carbons (Fsp3) is 0.190. The zero-order valence-corrected chi connectivity index (χ0v) is 34.4. The Morgan fingerprint density at radius 3 is 1.19 bits per heavy atom. The summed E-state index contributed by atoms with van der Waals surface area (Å²) in [6.45, 7) is 0. The molecular formula is C42H34Cl4Zr2. The molecule has 0 saturated heterocycles. The van der Waals surface area contributed by atoms with E-state index in [0.29, 0.717) is 7.25 Å². The minimum atomic E-state index is -0.788. The van der Waals surface area contributed by atoms with Crippen molar-refractivity contribution in [3.05, 3.63) is 155 Å². The summed E-state index contributed by atoms with van der Waals surface area (Å²) in [5, 5.41) is 0. The second kappa shape index (κ2) is 16.2. The van der Waals surface area contributed by atoms with Crippen molar-refractivity contribution < 1.29 is 95.1 Å². The Morgan fingerprint density at radius 1 is 0.417 bits per heavy atom. The van der Waals surface area contributed by atoms with Gasteiger partial charge in [-0.3, -0.25) is 0 Å². The molecule has 238 valence electrons. The van der Waals surface area contributed by atoms with Crippen molar-refractivity contribution in [2.24, 2.45) is 0 Å². The van der Waals surface area contributed by atoms with Crippen molar-refractivity contribution in [3.8, 4) is 22.3 Å². The van der Waals surface area contributed by atoms with E-state index in [9.17, 15) is 0 Å². The molecule has 0 N–H and O–H groups in total. The fourth-order valence-corrected chi connectivity index (χ4v) is 17.1. The number of halogens is 4. The van der Waals surface area contributed by atoms with Crippen LogP contribution in [-0.2, 0) is 45.5 Å². The predicted octanol–water partition coefficient (Wildman–Crippen LogP) is -1.69. The van der Waals surface area contributed by atoms with E-state index >= 15 is 0 Å². The van der Waals surface area contributed by atoms with Crippen LogP contribution in [0.4, 0.5) is 0 Å². The summed E-state index contributed by atoms with van der Waals surface area (Å²) in [4.78, 5) is 0. The summed E-state index contributed by atoms with van der Waals surface area (Å²) in [5.74, 6) is 0. The second-order valence-corrected chi connectivity index (χ2v) is 20.5. The maximum Gasteiger partial charge on any atom is -1.00 e. The minimum absolute atomic E-state index is 0. The molecule has 2 atom stereocenters. The molecule has 4 aromatic rings. The van der Waals surface area contributed by atoms with E-state index < -0.39 is 45.5 Å². The molecule has 6 heteroatoms. The Balaban J connectivity index is 0.00000113. The van der Waals surface area contributed by atoms with Gasteiger partial charge in [-0.15, -0.1) is 0 Å². The van der Waals surface area contributed by atoms with Gasteiger partial charge in [-0.05, 0) is 0 Å². The van der Waals surface area contributed by atoms with E-state index in [0.717, 1.165) is 12.8 Å². The van der Waals surface area contributed by atoms with Gasteiger partial charge in [0.15, 0.2) is 0 Å². The molecule has 5 aliphatic rings. The van der Waals surface area contributed by atoms with Gasteiger partial charge in [-0.25, -0.2) is 0 Å². The quantitative estimate of drug-likeness (QED) is 0.230.